The van der Waals surface area contributed by atoms with E-state index in [2.05, 4.69) is 41.4 Å². The molecule has 3 rings (SSSR count). The molecule has 0 fully saturated rings. The Kier molecular flexibility index (Phi) is 5.37. The normalized spacial score (nSPS) is 15.3. The molecular formula is C19H24N4O3. The summed E-state index contributed by atoms with van der Waals surface area (Å²) in [5.74, 6) is -0.281. The molecule has 138 valence electrons. The van der Waals surface area contributed by atoms with Crippen molar-refractivity contribution in [3.05, 3.63) is 63.5 Å². The molecule has 1 aliphatic rings. The Hall–Kier alpha value is -2.67. The molecule has 0 saturated carbocycles. The number of hydrogen-bond acceptors (Lipinski definition) is 4. The summed E-state index contributed by atoms with van der Waals surface area (Å²) >= 11 is 0. The van der Waals surface area contributed by atoms with Crippen LogP contribution in [-0.4, -0.2) is 39.4 Å². The highest BCUT2D eigenvalue weighted by molar-refractivity contribution is 5.93. The summed E-state index contributed by atoms with van der Waals surface area (Å²) in [6.45, 7) is 4.50. The van der Waals surface area contributed by atoms with Crippen molar-refractivity contribution in [2.45, 2.75) is 32.4 Å². The molecule has 0 aliphatic carbocycles. The van der Waals surface area contributed by atoms with Crippen LogP contribution >= 0.6 is 0 Å². The van der Waals surface area contributed by atoms with Crippen LogP contribution in [-0.2, 0) is 20.0 Å². The summed E-state index contributed by atoms with van der Waals surface area (Å²) in [5, 5.41) is 13.8. The van der Waals surface area contributed by atoms with Gasteiger partial charge in [-0.05, 0) is 24.0 Å². The maximum Gasteiger partial charge on any atom is 0.287 e. The molecule has 1 aliphatic heterocycles. The fraction of sp³-hybridized carbons (Fsp3) is 0.421. The van der Waals surface area contributed by atoms with E-state index < -0.39 is 4.92 Å². The lowest BCUT2D eigenvalue weighted by Gasteiger charge is -2.35. The first-order valence-electron chi connectivity index (χ1n) is 8.89. The molecule has 7 nitrogen and oxygen atoms in total. The maximum absolute atomic E-state index is 12.4. The minimum atomic E-state index is -0.489. The Labute approximate surface area is 152 Å². The van der Waals surface area contributed by atoms with Gasteiger partial charge in [-0.15, -0.1) is 0 Å². The van der Waals surface area contributed by atoms with Crippen LogP contribution in [0.4, 0.5) is 5.69 Å². The summed E-state index contributed by atoms with van der Waals surface area (Å²) in [5.41, 5.74) is 2.98. The van der Waals surface area contributed by atoms with Gasteiger partial charge < -0.3 is 9.88 Å². The molecular weight excluding hydrogens is 332 g/mol. The zero-order valence-electron chi connectivity index (χ0n) is 15.1. The zero-order valence-corrected chi connectivity index (χ0v) is 15.1. The van der Waals surface area contributed by atoms with Crippen LogP contribution in [0, 0.1) is 10.1 Å². The molecule has 0 bridgehead atoms. The van der Waals surface area contributed by atoms with Crippen molar-refractivity contribution in [3.8, 4) is 0 Å². The Morgan fingerprint density at radius 1 is 1.35 bits per heavy atom. The van der Waals surface area contributed by atoms with Crippen molar-refractivity contribution in [3.63, 3.8) is 0 Å². The number of amides is 1. The maximum atomic E-state index is 12.4. The van der Waals surface area contributed by atoms with Crippen LogP contribution in [0.15, 0.2) is 36.5 Å². The number of aromatic nitrogens is 1. The van der Waals surface area contributed by atoms with Gasteiger partial charge in [0, 0.05) is 38.8 Å². The number of nitrogens with zero attached hydrogens (tertiary/aromatic N) is 3. The van der Waals surface area contributed by atoms with Crippen molar-refractivity contribution < 1.29 is 9.72 Å². The Morgan fingerprint density at radius 3 is 2.73 bits per heavy atom. The topological polar surface area (TPSA) is 80.4 Å². The number of aryl methyl sites for hydroxylation is 1. The number of hydrogen-bond donors (Lipinski definition) is 1. The van der Waals surface area contributed by atoms with E-state index in [9.17, 15) is 14.9 Å². The van der Waals surface area contributed by atoms with Crippen LogP contribution in [0.3, 0.4) is 0 Å². The summed E-state index contributed by atoms with van der Waals surface area (Å²) in [6.07, 6.45) is 3.30. The molecule has 7 heteroatoms. The van der Waals surface area contributed by atoms with E-state index in [1.165, 1.54) is 28.0 Å². The van der Waals surface area contributed by atoms with Crippen LogP contribution < -0.4 is 5.32 Å². The SMILES string of the molecule is CCC(CNC(=O)c1cc([N+](=O)[O-])cn1C)N1CCc2ccccc2C1. The molecule has 2 heterocycles. The van der Waals surface area contributed by atoms with E-state index in [1.54, 1.807) is 7.05 Å². The minimum Gasteiger partial charge on any atom is -0.349 e. The lowest BCUT2D eigenvalue weighted by atomic mass is 9.98. The van der Waals surface area contributed by atoms with Gasteiger partial charge >= 0.3 is 0 Å². The first kappa shape index (κ1) is 18.1. The van der Waals surface area contributed by atoms with Crippen LogP contribution in [0.2, 0.25) is 0 Å². The van der Waals surface area contributed by atoms with Crippen LogP contribution in [0.1, 0.15) is 35.0 Å². The standard InChI is InChI=1S/C19H24N4O3/c1-3-16(22-9-8-14-6-4-5-7-15(14)12-22)11-20-19(24)18-10-17(23(25)26)13-21(18)2/h4-7,10,13,16H,3,8-9,11-12H2,1-2H3,(H,20,24). The lowest BCUT2D eigenvalue weighted by Crippen LogP contribution is -2.45. The molecule has 26 heavy (non-hydrogen) atoms. The Balaban J connectivity index is 1.62. The fourth-order valence-corrected chi connectivity index (χ4v) is 3.53. The molecule has 1 unspecified atom stereocenters. The number of fused-ring (bicyclic) bond motifs is 1. The van der Waals surface area contributed by atoms with Gasteiger partial charge in [0.15, 0.2) is 0 Å². The predicted octanol–water partition coefficient (Wildman–Crippen LogP) is 2.50. The van der Waals surface area contributed by atoms with Gasteiger partial charge in [-0.1, -0.05) is 31.2 Å². The number of nitrogens with one attached hydrogen (secondary N) is 1. The van der Waals surface area contributed by atoms with Gasteiger partial charge in [0.1, 0.15) is 5.69 Å². The number of benzene rings is 1. The van der Waals surface area contributed by atoms with Gasteiger partial charge in [-0.2, -0.15) is 0 Å². The second-order valence-electron chi connectivity index (χ2n) is 6.71. The van der Waals surface area contributed by atoms with Gasteiger partial charge in [0.2, 0.25) is 0 Å². The van der Waals surface area contributed by atoms with Gasteiger partial charge in [0.05, 0.1) is 11.1 Å². The number of rotatable bonds is 6. The first-order chi connectivity index (χ1) is 12.5. The molecule has 1 aromatic heterocycles. The van der Waals surface area contributed by atoms with Crippen molar-refractivity contribution >= 4 is 11.6 Å². The third-order valence-corrected chi connectivity index (χ3v) is 5.08. The monoisotopic (exact) mass is 356 g/mol. The molecule has 1 amide bonds. The minimum absolute atomic E-state index is 0.0719. The predicted molar refractivity (Wildman–Crippen MR) is 99.0 cm³/mol. The van der Waals surface area contributed by atoms with Crippen LogP contribution in [0.5, 0.6) is 0 Å². The molecule has 1 N–H and O–H groups in total. The highest BCUT2D eigenvalue weighted by Gasteiger charge is 2.24. The van der Waals surface area contributed by atoms with E-state index >= 15 is 0 Å². The van der Waals surface area contributed by atoms with Crippen LogP contribution in [0.25, 0.3) is 0 Å². The average Bonchev–Trinajstić information content (AvgIpc) is 3.04. The second kappa shape index (κ2) is 7.70. The molecule has 0 radical (unpaired) electrons. The summed E-state index contributed by atoms with van der Waals surface area (Å²) < 4.78 is 1.49. The summed E-state index contributed by atoms with van der Waals surface area (Å²) in [7, 11) is 1.64. The number of carbonyl (C=O) groups is 1. The highest BCUT2D eigenvalue weighted by Crippen LogP contribution is 2.21. The molecule has 0 spiro atoms. The van der Waals surface area contributed by atoms with E-state index in [4.69, 9.17) is 0 Å². The summed E-state index contributed by atoms with van der Waals surface area (Å²) in [4.78, 5) is 25.2. The second-order valence-corrected chi connectivity index (χ2v) is 6.71. The number of nitro groups is 1. The van der Waals surface area contributed by atoms with Gasteiger partial charge in [-0.25, -0.2) is 0 Å². The fourth-order valence-electron chi connectivity index (χ4n) is 3.53. The van der Waals surface area contributed by atoms with E-state index in [1.807, 2.05) is 0 Å². The van der Waals surface area contributed by atoms with E-state index in [-0.39, 0.29) is 17.6 Å². The Morgan fingerprint density at radius 2 is 2.08 bits per heavy atom. The number of carbonyl (C=O) groups excluding carboxylic acids is 1. The highest BCUT2D eigenvalue weighted by atomic mass is 16.6. The van der Waals surface area contributed by atoms with Crippen molar-refractivity contribution in [1.29, 1.82) is 0 Å². The molecule has 1 aromatic carbocycles. The molecule has 1 atom stereocenters. The molecule has 2 aromatic rings. The van der Waals surface area contributed by atoms with Crippen molar-refractivity contribution in [2.24, 2.45) is 7.05 Å². The molecule has 0 saturated heterocycles. The van der Waals surface area contributed by atoms with E-state index in [0.717, 1.165) is 25.9 Å². The van der Waals surface area contributed by atoms with Crippen molar-refractivity contribution in [2.75, 3.05) is 13.1 Å². The Bertz CT molecular complexity index is 815. The smallest absolute Gasteiger partial charge is 0.287 e. The third-order valence-electron chi connectivity index (χ3n) is 5.08. The summed E-state index contributed by atoms with van der Waals surface area (Å²) in [6, 6.07) is 10.0. The average molecular weight is 356 g/mol. The lowest BCUT2D eigenvalue weighted by molar-refractivity contribution is -0.384. The van der Waals surface area contributed by atoms with Crippen molar-refractivity contribution in [1.82, 2.24) is 14.8 Å². The third kappa shape index (κ3) is 3.77. The van der Waals surface area contributed by atoms with Gasteiger partial charge in [0.25, 0.3) is 11.6 Å². The van der Waals surface area contributed by atoms with Gasteiger partial charge in [-0.3, -0.25) is 19.8 Å². The van der Waals surface area contributed by atoms with E-state index in [0.29, 0.717) is 12.2 Å². The quantitative estimate of drug-likeness (QED) is 0.637. The zero-order chi connectivity index (χ0) is 18.7. The first-order valence-corrected chi connectivity index (χ1v) is 8.89. The largest absolute Gasteiger partial charge is 0.349 e.